The lowest BCUT2D eigenvalue weighted by Crippen LogP contribution is -2.22. The number of aromatic nitrogens is 2. The number of hydrogen-bond acceptors (Lipinski definition) is 5. The highest BCUT2D eigenvalue weighted by atomic mass is 16.5. The summed E-state index contributed by atoms with van der Waals surface area (Å²) in [5, 5.41) is 5.68. The zero-order chi connectivity index (χ0) is 27.8. The van der Waals surface area contributed by atoms with E-state index >= 15 is 0 Å². The van der Waals surface area contributed by atoms with Crippen molar-refractivity contribution >= 4 is 23.7 Å². The number of hydrogen-bond donors (Lipinski definition) is 2. The van der Waals surface area contributed by atoms with Gasteiger partial charge < -0.3 is 20.2 Å². The number of nitrogens with one attached hydrogen (secondary N) is 2. The third kappa shape index (κ3) is 6.78. The summed E-state index contributed by atoms with van der Waals surface area (Å²) in [6.45, 7) is 6.53. The molecule has 200 valence electrons. The minimum Gasteiger partial charge on any atom is -0.492 e. The summed E-state index contributed by atoms with van der Waals surface area (Å²) >= 11 is 0. The number of amides is 2. The van der Waals surface area contributed by atoms with Crippen LogP contribution in [0.5, 0.6) is 5.75 Å². The Labute approximate surface area is 227 Å². The van der Waals surface area contributed by atoms with Crippen LogP contribution in [0.4, 0.5) is 16.2 Å². The van der Waals surface area contributed by atoms with Crippen molar-refractivity contribution in [3.05, 3.63) is 106 Å². The number of carbonyl (C=O) groups excluding carboxylic acids is 2. The monoisotopic (exact) mass is 524 g/mol. The Morgan fingerprint density at radius 3 is 2.51 bits per heavy atom. The summed E-state index contributed by atoms with van der Waals surface area (Å²) < 4.78 is 7.35. The number of nitrogens with zero attached hydrogens (tertiary/aromatic N) is 2. The van der Waals surface area contributed by atoms with Crippen LogP contribution in [0.3, 0.4) is 0 Å². The highest BCUT2D eigenvalue weighted by molar-refractivity contribution is 6.01. The summed E-state index contributed by atoms with van der Waals surface area (Å²) in [5.41, 5.74) is 5.04. The third-order valence-electron chi connectivity index (χ3n) is 6.49. The molecule has 1 atom stereocenters. The molecule has 0 aliphatic rings. The van der Waals surface area contributed by atoms with E-state index in [2.05, 4.69) is 15.6 Å². The van der Waals surface area contributed by atoms with Crippen LogP contribution in [0, 0.1) is 6.92 Å². The molecule has 2 N–H and O–H groups in total. The van der Waals surface area contributed by atoms with Crippen molar-refractivity contribution < 1.29 is 14.3 Å². The number of benzene rings is 3. The highest BCUT2D eigenvalue weighted by Gasteiger charge is 2.14. The van der Waals surface area contributed by atoms with E-state index in [9.17, 15) is 14.4 Å². The van der Waals surface area contributed by atoms with Crippen molar-refractivity contribution in [1.82, 2.24) is 9.55 Å². The van der Waals surface area contributed by atoms with Crippen LogP contribution in [0.1, 0.15) is 42.9 Å². The first kappa shape index (κ1) is 27.3. The Bertz CT molecular complexity index is 1510. The van der Waals surface area contributed by atoms with Crippen molar-refractivity contribution in [3.8, 4) is 16.9 Å². The van der Waals surface area contributed by atoms with E-state index in [4.69, 9.17) is 4.74 Å². The third-order valence-corrected chi connectivity index (χ3v) is 6.49. The van der Waals surface area contributed by atoms with Crippen molar-refractivity contribution in [2.75, 3.05) is 17.2 Å². The molecular formula is C31H32N4O4. The fourth-order valence-corrected chi connectivity index (χ4v) is 4.25. The SMILES string of the molecule is CCOc1cc(-c2cncn(Cc3ccc(C(C)CC=O)cc3)c2=O)ccc1NC(=O)Nc1ccccc1C. The van der Waals surface area contributed by atoms with Gasteiger partial charge in [0.15, 0.2) is 0 Å². The van der Waals surface area contributed by atoms with Gasteiger partial charge in [0, 0.05) is 18.3 Å². The average molecular weight is 525 g/mol. The van der Waals surface area contributed by atoms with Crippen molar-refractivity contribution in [2.24, 2.45) is 0 Å². The quantitative estimate of drug-likeness (QED) is 0.248. The molecule has 0 aliphatic carbocycles. The lowest BCUT2D eigenvalue weighted by atomic mass is 9.97. The van der Waals surface area contributed by atoms with Gasteiger partial charge in [0.25, 0.3) is 5.56 Å². The van der Waals surface area contributed by atoms with E-state index in [1.807, 2.05) is 69.3 Å². The molecule has 0 saturated heterocycles. The number of aryl methyl sites for hydroxylation is 1. The largest absolute Gasteiger partial charge is 0.492 e. The number of anilines is 2. The molecule has 0 bridgehead atoms. The van der Waals surface area contributed by atoms with Crippen LogP contribution >= 0.6 is 0 Å². The second kappa shape index (κ2) is 12.7. The van der Waals surface area contributed by atoms with E-state index in [0.717, 1.165) is 23.0 Å². The molecule has 4 rings (SSSR count). The van der Waals surface area contributed by atoms with Gasteiger partial charge in [-0.15, -0.1) is 0 Å². The number of rotatable bonds is 10. The maximum atomic E-state index is 13.4. The Morgan fingerprint density at radius 2 is 1.79 bits per heavy atom. The first-order valence-corrected chi connectivity index (χ1v) is 12.9. The standard InChI is InChI=1S/C31H32N4O4/c1-4-39-29-17-25(13-14-28(29)34-31(38)33-27-8-6-5-7-22(27)3)26-18-32-20-35(30(26)37)19-23-9-11-24(12-10-23)21(2)15-16-36/h5-14,16-18,20-21H,4,15,19H2,1-3H3,(H2,33,34,38). The second-order valence-corrected chi connectivity index (χ2v) is 9.32. The first-order chi connectivity index (χ1) is 18.9. The van der Waals surface area contributed by atoms with Gasteiger partial charge in [-0.2, -0.15) is 0 Å². The van der Waals surface area contributed by atoms with Crippen LogP contribution in [0.25, 0.3) is 11.1 Å². The molecule has 1 heterocycles. The second-order valence-electron chi connectivity index (χ2n) is 9.32. The Hall–Kier alpha value is -4.72. The van der Waals surface area contributed by atoms with E-state index in [-0.39, 0.29) is 11.5 Å². The van der Waals surface area contributed by atoms with Gasteiger partial charge in [0.1, 0.15) is 12.0 Å². The minimum absolute atomic E-state index is 0.148. The molecule has 8 nitrogen and oxygen atoms in total. The molecule has 0 aliphatic heterocycles. The van der Waals surface area contributed by atoms with Gasteiger partial charge in [-0.1, -0.05) is 55.5 Å². The fraction of sp³-hybridized carbons (Fsp3) is 0.226. The van der Waals surface area contributed by atoms with Gasteiger partial charge >= 0.3 is 6.03 Å². The van der Waals surface area contributed by atoms with E-state index in [0.29, 0.717) is 47.8 Å². The molecule has 2 amide bonds. The van der Waals surface area contributed by atoms with Crippen LogP contribution in [0.15, 0.2) is 84.0 Å². The van der Waals surface area contributed by atoms with Crippen LogP contribution in [0.2, 0.25) is 0 Å². The Balaban J connectivity index is 1.55. The van der Waals surface area contributed by atoms with Crippen LogP contribution in [-0.2, 0) is 11.3 Å². The normalized spacial score (nSPS) is 11.5. The van der Waals surface area contributed by atoms with Gasteiger partial charge in [-0.05, 0) is 60.2 Å². The zero-order valence-electron chi connectivity index (χ0n) is 22.3. The van der Waals surface area contributed by atoms with Crippen LogP contribution < -0.4 is 20.9 Å². The number of carbonyl (C=O) groups is 2. The summed E-state index contributed by atoms with van der Waals surface area (Å²) in [7, 11) is 0. The van der Waals surface area contributed by atoms with Gasteiger partial charge in [-0.25, -0.2) is 9.78 Å². The molecule has 39 heavy (non-hydrogen) atoms. The van der Waals surface area contributed by atoms with E-state index in [1.165, 1.54) is 12.5 Å². The first-order valence-electron chi connectivity index (χ1n) is 12.9. The predicted octanol–water partition coefficient (Wildman–Crippen LogP) is 6.00. The van der Waals surface area contributed by atoms with Crippen molar-refractivity contribution in [2.45, 2.75) is 39.7 Å². The summed E-state index contributed by atoms with van der Waals surface area (Å²) in [6, 6.07) is 20.2. The van der Waals surface area contributed by atoms with Crippen molar-refractivity contribution in [1.29, 1.82) is 0 Å². The topological polar surface area (TPSA) is 102 Å². The number of aldehydes is 1. The Morgan fingerprint density at radius 1 is 1.05 bits per heavy atom. The lowest BCUT2D eigenvalue weighted by Gasteiger charge is -2.15. The average Bonchev–Trinajstić information content (AvgIpc) is 2.93. The number of ether oxygens (including phenoxy) is 1. The number of para-hydroxylation sites is 1. The highest BCUT2D eigenvalue weighted by Crippen LogP contribution is 2.30. The van der Waals surface area contributed by atoms with E-state index < -0.39 is 6.03 Å². The summed E-state index contributed by atoms with van der Waals surface area (Å²) in [5.74, 6) is 0.597. The fourth-order valence-electron chi connectivity index (χ4n) is 4.25. The molecule has 0 saturated carbocycles. The zero-order valence-corrected chi connectivity index (χ0v) is 22.3. The molecular weight excluding hydrogens is 492 g/mol. The molecule has 0 fully saturated rings. The molecule has 1 unspecified atom stereocenters. The lowest BCUT2D eigenvalue weighted by molar-refractivity contribution is -0.108. The molecule has 8 heteroatoms. The number of urea groups is 1. The Kier molecular flexibility index (Phi) is 8.89. The maximum Gasteiger partial charge on any atom is 0.323 e. The summed E-state index contributed by atoms with van der Waals surface area (Å²) in [4.78, 5) is 41.1. The predicted molar refractivity (Wildman–Crippen MR) is 154 cm³/mol. The molecule has 3 aromatic carbocycles. The minimum atomic E-state index is -0.395. The maximum absolute atomic E-state index is 13.4. The molecule has 4 aromatic rings. The molecule has 1 aromatic heterocycles. The van der Waals surface area contributed by atoms with E-state index in [1.54, 1.807) is 22.8 Å². The van der Waals surface area contributed by atoms with Crippen LogP contribution in [-0.4, -0.2) is 28.5 Å². The molecule has 0 radical (unpaired) electrons. The van der Waals surface area contributed by atoms with Gasteiger partial charge in [-0.3, -0.25) is 9.36 Å². The van der Waals surface area contributed by atoms with Crippen molar-refractivity contribution in [3.63, 3.8) is 0 Å². The summed E-state index contributed by atoms with van der Waals surface area (Å²) in [6.07, 6.45) is 4.45. The smallest absolute Gasteiger partial charge is 0.323 e. The van der Waals surface area contributed by atoms with Gasteiger partial charge in [0.05, 0.1) is 30.7 Å². The van der Waals surface area contributed by atoms with Gasteiger partial charge in [0.2, 0.25) is 0 Å². The molecule has 0 spiro atoms.